The molecule has 5 nitrogen and oxygen atoms in total. The minimum Gasteiger partial charge on any atom is -0.478 e. The monoisotopic (exact) mass is 297 g/mol. The Labute approximate surface area is 129 Å². The van der Waals surface area contributed by atoms with Crippen LogP contribution in [-0.4, -0.2) is 46.1 Å². The van der Waals surface area contributed by atoms with Crippen molar-refractivity contribution in [2.45, 2.75) is 12.8 Å². The van der Waals surface area contributed by atoms with Crippen LogP contribution in [0, 0.1) is 5.92 Å². The Hall–Kier alpha value is -2.27. The van der Waals surface area contributed by atoms with Gasteiger partial charge in [0.05, 0.1) is 23.1 Å². The van der Waals surface area contributed by atoms with E-state index in [1.807, 2.05) is 6.20 Å². The molecule has 1 aromatic carbocycles. The van der Waals surface area contributed by atoms with Crippen LogP contribution in [0.2, 0.25) is 0 Å². The maximum Gasteiger partial charge on any atom is 0.335 e. The molecule has 0 bridgehead atoms. The highest BCUT2D eigenvalue weighted by Crippen LogP contribution is 2.20. The van der Waals surface area contributed by atoms with Gasteiger partial charge in [0.1, 0.15) is 0 Å². The fourth-order valence-corrected chi connectivity index (χ4v) is 2.88. The predicted octanol–water partition coefficient (Wildman–Crippen LogP) is 2.34. The summed E-state index contributed by atoms with van der Waals surface area (Å²) in [7, 11) is 2.15. The first-order chi connectivity index (χ1) is 10.6. The lowest BCUT2D eigenvalue weighted by Crippen LogP contribution is -2.15. The molecule has 0 saturated carbocycles. The van der Waals surface area contributed by atoms with Crippen molar-refractivity contribution in [1.82, 2.24) is 14.9 Å². The number of carboxylic acids is 1. The predicted molar refractivity (Wildman–Crippen MR) is 83.7 cm³/mol. The Morgan fingerprint density at radius 3 is 2.59 bits per heavy atom. The highest BCUT2D eigenvalue weighted by atomic mass is 16.4. The van der Waals surface area contributed by atoms with Gasteiger partial charge in [-0.1, -0.05) is 12.1 Å². The van der Waals surface area contributed by atoms with Crippen LogP contribution >= 0.6 is 0 Å². The molecular weight excluding hydrogens is 278 g/mol. The van der Waals surface area contributed by atoms with E-state index in [2.05, 4.69) is 21.9 Å². The number of benzene rings is 1. The molecule has 1 aliphatic heterocycles. The lowest BCUT2D eigenvalue weighted by Gasteiger charge is -2.10. The lowest BCUT2D eigenvalue weighted by atomic mass is 10.0. The fraction of sp³-hybridized carbons (Fsp3) is 0.353. The van der Waals surface area contributed by atoms with Crippen molar-refractivity contribution in [3.63, 3.8) is 0 Å². The summed E-state index contributed by atoms with van der Waals surface area (Å²) < 4.78 is 0. The molecule has 0 amide bonds. The summed E-state index contributed by atoms with van der Waals surface area (Å²) in [6, 6.07) is 6.70. The maximum absolute atomic E-state index is 10.8. The van der Waals surface area contributed by atoms with Crippen LogP contribution in [0.25, 0.3) is 11.3 Å². The molecule has 1 N–H and O–H groups in total. The Balaban J connectivity index is 1.69. The summed E-state index contributed by atoms with van der Waals surface area (Å²) in [4.78, 5) is 22.2. The molecule has 1 aromatic heterocycles. The Morgan fingerprint density at radius 2 is 2.05 bits per heavy atom. The summed E-state index contributed by atoms with van der Waals surface area (Å²) >= 11 is 0. The molecule has 1 aliphatic rings. The van der Waals surface area contributed by atoms with E-state index < -0.39 is 5.97 Å². The third-order valence-corrected chi connectivity index (χ3v) is 4.12. The topological polar surface area (TPSA) is 66.3 Å². The molecule has 2 heterocycles. The fourth-order valence-electron chi connectivity index (χ4n) is 2.88. The van der Waals surface area contributed by atoms with E-state index in [1.165, 1.54) is 6.42 Å². The van der Waals surface area contributed by atoms with E-state index in [4.69, 9.17) is 5.11 Å². The van der Waals surface area contributed by atoms with Crippen LogP contribution in [0.1, 0.15) is 22.5 Å². The number of nitrogens with zero attached hydrogens (tertiary/aromatic N) is 3. The minimum absolute atomic E-state index is 0.277. The number of hydrogen-bond donors (Lipinski definition) is 1. The zero-order valence-electron chi connectivity index (χ0n) is 12.6. The Bertz CT molecular complexity index is 653. The average Bonchev–Trinajstić information content (AvgIpc) is 2.93. The molecule has 0 spiro atoms. The number of rotatable bonds is 4. The first-order valence-corrected chi connectivity index (χ1v) is 7.45. The molecule has 0 radical (unpaired) electrons. The molecular formula is C17H19N3O2. The summed E-state index contributed by atoms with van der Waals surface area (Å²) in [6.07, 6.45) is 5.79. The molecule has 1 fully saturated rings. The maximum atomic E-state index is 10.8. The molecule has 22 heavy (non-hydrogen) atoms. The molecule has 2 aromatic rings. The van der Waals surface area contributed by atoms with Gasteiger partial charge < -0.3 is 10.0 Å². The molecule has 1 saturated heterocycles. The van der Waals surface area contributed by atoms with Gasteiger partial charge in [-0.15, -0.1) is 0 Å². The van der Waals surface area contributed by atoms with Gasteiger partial charge in [-0.2, -0.15) is 0 Å². The smallest absolute Gasteiger partial charge is 0.335 e. The van der Waals surface area contributed by atoms with Crippen LogP contribution in [0.4, 0.5) is 0 Å². The van der Waals surface area contributed by atoms with Gasteiger partial charge in [0.25, 0.3) is 0 Å². The lowest BCUT2D eigenvalue weighted by molar-refractivity contribution is 0.0697. The quantitative estimate of drug-likeness (QED) is 0.938. The highest BCUT2D eigenvalue weighted by molar-refractivity contribution is 5.88. The van der Waals surface area contributed by atoms with Crippen molar-refractivity contribution in [1.29, 1.82) is 0 Å². The Morgan fingerprint density at radius 1 is 1.27 bits per heavy atom. The summed E-state index contributed by atoms with van der Waals surface area (Å²) in [5.74, 6) is -0.255. The third kappa shape index (κ3) is 3.31. The summed E-state index contributed by atoms with van der Waals surface area (Å²) in [5.41, 5.74) is 2.94. The summed E-state index contributed by atoms with van der Waals surface area (Å²) in [6.45, 7) is 2.28. The van der Waals surface area contributed by atoms with Crippen LogP contribution in [0.5, 0.6) is 0 Å². The van der Waals surface area contributed by atoms with Crippen molar-refractivity contribution >= 4 is 5.97 Å². The molecule has 1 unspecified atom stereocenters. The van der Waals surface area contributed by atoms with Crippen molar-refractivity contribution in [3.05, 3.63) is 47.9 Å². The van der Waals surface area contributed by atoms with Gasteiger partial charge in [0.2, 0.25) is 0 Å². The number of carbonyl (C=O) groups is 1. The second-order valence-electron chi connectivity index (χ2n) is 5.90. The first-order valence-electron chi connectivity index (χ1n) is 7.45. The van der Waals surface area contributed by atoms with Crippen molar-refractivity contribution < 1.29 is 9.90 Å². The second kappa shape index (κ2) is 6.23. The van der Waals surface area contributed by atoms with Gasteiger partial charge in [0.15, 0.2) is 0 Å². The van der Waals surface area contributed by atoms with Gasteiger partial charge >= 0.3 is 5.97 Å². The number of aromatic carboxylic acids is 1. The van der Waals surface area contributed by atoms with Crippen molar-refractivity contribution in [2.24, 2.45) is 5.92 Å². The van der Waals surface area contributed by atoms with E-state index >= 15 is 0 Å². The summed E-state index contributed by atoms with van der Waals surface area (Å²) in [5, 5.41) is 8.91. The first kappa shape index (κ1) is 14.7. The molecule has 1 atom stereocenters. The molecule has 5 heteroatoms. The van der Waals surface area contributed by atoms with Gasteiger partial charge in [-0.3, -0.25) is 9.97 Å². The van der Waals surface area contributed by atoms with Gasteiger partial charge in [-0.05, 0) is 44.5 Å². The SMILES string of the molecule is CN1CCC(Cc2cnc(-c3ccc(C(=O)O)cc3)cn2)C1. The number of likely N-dealkylation sites (tertiary alicyclic amines) is 1. The molecule has 3 rings (SSSR count). The van der Waals surface area contributed by atoms with Crippen LogP contribution in [0.3, 0.4) is 0 Å². The third-order valence-electron chi connectivity index (χ3n) is 4.12. The highest BCUT2D eigenvalue weighted by Gasteiger charge is 2.20. The van der Waals surface area contributed by atoms with Crippen molar-refractivity contribution in [2.75, 3.05) is 20.1 Å². The van der Waals surface area contributed by atoms with E-state index in [1.54, 1.807) is 30.5 Å². The normalized spacial score (nSPS) is 18.5. The van der Waals surface area contributed by atoms with Crippen LogP contribution in [0.15, 0.2) is 36.7 Å². The number of carboxylic acid groups (broad SMARTS) is 1. The van der Waals surface area contributed by atoms with Gasteiger partial charge in [0, 0.05) is 18.3 Å². The van der Waals surface area contributed by atoms with Crippen LogP contribution in [-0.2, 0) is 6.42 Å². The number of hydrogen-bond acceptors (Lipinski definition) is 4. The van der Waals surface area contributed by atoms with E-state index in [-0.39, 0.29) is 5.56 Å². The van der Waals surface area contributed by atoms with Crippen LogP contribution < -0.4 is 0 Å². The van der Waals surface area contributed by atoms with E-state index in [9.17, 15) is 4.79 Å². The second-order valence-corrected chi connectivity index (χ2v) is 5.90. The largest absolute Gasteiger partial charge is 0.478 e. The molecule has 114 valence electrons. The minimum atomic E-state index is -0.922. The molecule has 0 aliphatic carbocycles. The average molecular weight is 297 g/mol. The zero-order chi connectivity index (χ0) is 15.5. The number of aromatic nitrogens is 2. The Kier molecular flexibility index (Phi) is 4.15. The van der Waals surface area contributed by atoms with Gasteiger partial charge in [-0.25, -0.2) is 4.79 Å². The van der Waals surface area contributed by atoms with E-state index in [0.29, 0.717) is 5.92 Å². The zero-order valence-corrected chi connectivity index (χ0v) is 12.6. The van der Waals surface area contributed by atoms with Crippen molar-refractivity contribution in [3.8, 4) is 11.3 Å². The standard InChI is InChI=1S/C17H19N3O2/c1-20-7-6-12(11-20)8-15-9-19-16(10-18-15)13-2-4-14(5-3-13)17(21)22/h2-5,9-10,12H,6-8,11H2,1H3,(H,21,22). The van der Waals surface area contributed by atoms with E-state index in [0.717, 1.165) is 36.5 Å².